The second kappa shape index (κ2) is 10.6. The number of halogens is 7. The molecule has 2 aliphatic heterocycles. The molecule has 2 aromatic rings. The van der Waals surface area contributed by atoms with Crippen molar-refractivity contribution in [2.24, 2.45) is 17.3 Å². The summed E-state index contributed by atoms with van der Waals surface area (Å²) < 4.78 is 129. The zero-order valence-corrected chi connectivity index (χ0v) is 25.0. The minimum atomic E-state index is -6.39. The molecule has 5 unspecified atom stereocenters. The van der Waals surface area contributed by atoms with Crippen LogP contribution in [0.3, 0.4) is 0 Å². The highest BCUT2D eigenvalue weighted by atomic mass is 32.2. The van der Waals surface area contributed by atoms with E-state index in [1.807, 2.05) is 0 Å². The predicted molar refractivity (Wildman–Crippen MR) is 147 cm³/mol. The number of carboxylic acid groups (broad SMARTS) is 1. The van der Waals surface area contributed by atoms with E-state index in [9.17, 15) is 49.5 Å². The number of alkyl halides is 7. The highest BCUT2D eigenvalue weighted by Crippen LogP contribution is 2.58. The van der Waals surface area contributed by atoms with E-state index in [0.29, 0.717) is 25.7 Å². The zero-order valence-electron chi connectivity index (χ0n) is 24.2. The number of hydrogen-bond donors (Lipinski definition) is 1. The first-order chi connectivity index (χ1) is 21.4. The Kier molecular flexibility index (Phi) is 7.49. The predicted octanol–water partition coefficient (Wildman–Crippen LogP) is 6.31. The van der Waals surface area contributed by atoms with Gasteiger partial charge in [-0.3, -0.25) is 9.59 Å². The van der Waals surface area contributed by atoms with E-state index in [-0.39, 0.29) is 54.3 Å². The van der Waals surface area contributed by atoms with Crippen LogP contribution in [0.4, 0.5) is 30.7 Å². The maximum absolute atomic E-state index is 15.0. The van der Waals surface area contributed by atoms with Gasteiger partial charge in [0.2, 0.25) is 5.91 Å². The highest BCUT2D eigenvalue weighted by Gasteiger charge is 2.74. The lowest BCUT2D eigenvalue weighted by Gasteiger charge is -2.47. The molecule has 5 atom stereocenters. The van der Waals surface area contributed by atoms with Crippen LogP contribution in [0.5, 0.6) is 5.75 Å². The number of benzene rings is 2. The van der Waals surface area contributed by atoms with Gasteiger partial charge in [-0.2, -0.15) is 26.3 Å². The van der Waals surface area contributed by atoms with E-state index in [2.05, 4.69) is 0 Å². The summed E-state index contributed by atoms with van der Waals surface area (Å²) in [6.45, 7) is -0.715. The number of sulfone groups is 1. The number of fused-ring (bicyclic) bond motifs is 5. The molecule has 2 aliphatic carbocycles. The van der Waals surface area contributed by atoms with Crippen molar-refractivity contribution in [2.45, 2.75) is 78.7 Å². The van der Waals surface area contributed by atoms with E-state index in [1.165, 1.54) is 29.2 Å². The van der Waals surface area contributed by atoms with Gasteiger partial charge in [-0.15, -0.1) is 0 Å². The summed E-state index contributed by atoms with van der Waals surface area (Å²) in [6.07, 6.45) is -10.5. The normalized spacial score (nSPS) is 29.8. The molecular weight excluding hydrogens is 647 g/mol. The number of ether oxygens (including phenoxy) is 1. The third kappa shape index (κ3) is 4.46. The van der Waals surface area contributed by atoms with Crippen LogP contribution >= 0.6 is 0 Å². The molecule has 0 radical (unpaired) electrons. The molecule has 15 heteroatoms. The van der Waals surface area contributed by atoms with Crippen molar-refractivity contribution in [1.82, 2.24) is 4.90 Å². The molecule has 2 bridgehead atoms. The first-order valence-electron chi connectivity index (χ1n) is 14.8. The standard InChI is InChI=1S/C31H30F7NO6S/c32-29(30(33,34)35,31(36,37)38)19-8-9-22-23(15-19)45-17-24-28(22,46(43,44)20-6-2-1-3-7-20)13-14-39(24)25(40)21-10-12-27(26(41)42)11-4-5-18(21)16-27/h1-3,6-9,15,18,21,24H,4-5,10-14,16-17H2,(H,41,42). The van der Waals surface area contributed by atoms with Crippen molar-refractivity contribution in [3.63, 3.8) is 0 Å². The van der Waals surface area contributed by atoms with Crippen molar-refractivity contribution in [2.75, 3.05) is 13.2 Å². The van der Waals surface area contributed by atoms with Crippen molar-refractivity contribution in [3.8, 4) is 5.75 Å². The lowest BCUT2D eigenvalue weighted by atomic mass is 9.58. The molecule has 0 aromatic heterocycles. The largest absolute Gasteiger partial charge is 0.491 e. The molecule has 1 saturated heterocycles. The number of rotatable bonds is 5. The Morgan fingerprint density at radius 2 is 1.59 bits per heavy atom. The first kappa shape index (κ1) is 32.6. The molecule has 7 nitrogen and oxygen atoms in total. The smallest absolute Gasteiger partial charge is 0.435 e. The van der Waals surface area contributed by atoms with Crippen LogP contribution in [0.2, 0.25) is 0 Å². The molecule has 6 rings (SSSR count). The van der Waals surface area contributed by atoms with E-state index in [1.54, 1.807) is 6.07 Å². The monoisotopic (exact) mass is 677 g/mol. The summed E-state index contributed by atoms with van der Waals surface area (Å²) in [7, 11) is -4.50. The molecule has 0 spiro atoms. The Morgan fingerprint density at radius 1 is 0.913 bits per heavy atom. The van der Waals surface area contributed by atoms with Gasteiger partial charge < -0.3 is 14.7 Å². The number of hydrogen-bond acceptors (Lipinski definition) is 5. The zero-order chi connectivity index (χ0) is 33.5. The first-order valence-corrected chi connectivity index (χ1v) is 16.3. The molecule has 2 aromatic carbocycles. The van der Waals surface area contributed by atoms with Gasteiger partial charge in [0.25, 0.3) is 0 Å². The Balaban J connectivity index is 1.44. The number of carbonyl (C=O) groups is 2. The third-order valence-electron chi connectivity index (χ3n) is 10.6. The highest BCUT2D eigenvalue weighted by molar-refractivity contribution is 7.92. The Morgan fingerprint density at radius 3 is 2.22 bits per heavy atom. The number of likely N-dealkylation sites (tertiary alicyclic amines) is 1. The molecule has 3 fully saturated rings. The Bertz CT molecular complexity index is 1650. The maximum Gasteiger partial charge on any atom is 0.435 e. The van der Waals surface area contributed by atoms with Gasteiger partial charge in [0, 0.05) is 23.6 Å². The minimum Gasteiger partial charge on any atom is -0.491 e. The molecule has 2 heterocycles. The summed E-state index contributed by atoms with van der Waals surface area (Å²) in [5.41, 5.74) is -8.77. The molecule has 250 valence electrons. The topological polar surface area (TPSA) is 101 Å². The van der Waals surface area contributed by atoms with Gasteiger partial charge in [0.15, 0.2) is 9.84 Å². The lowest BCUT2D eigenvalue weighted by Crippen LogP contribution is -2.57. The van der Waals surface area contributed by atoms with E-state index >= 15 is 4.39 Å². The average molecular weight is 678 g/mol. The molecule has 4 aliphatic rings. The lowest BCUT2D eigenvalue weighted by molar-refractivity contribution is -0.348. The molecule has 1 N–H and O–H groups in total. The maximum atomic E-state index is 15.0. The minimum absolute atomic E-state index is 0.119. The van der Waals surface area contributed by atoms with Crippen LogP contribution in [-0.4, -0.2) is 61.8 Å². The van der Waals surface area contributed by atoms with Gasteiger partial charge in [-0.25, -0.2) is 12.8 Å². The van der Waals surface area contributed by atoms with Crippen LogP contribution in [-0.2, 0) is 29.8 Å². The van der Waals surface area contributed by atoms with Gasteiger partial charge in [-0.1, -0.05) is 36.8 Å². The number of carboxylic acids is 1. The summed E-state index contributed by atoms with van der Waals surface area (Å²) in [6, 6.07) is 7.06. The van der Waals surface area contributed by atoms with Crippen LogP contribution in [0, 0.1) is 17.3 Å². The van der Waals surface area contributed by atoms with Crippen LogP contribution < -0.4 is 4.74 Å². The second-order valence-electron chi connectivity index (χ2n) is 12.8. The molecular formula is C31H30F7NO6S. The van der Waals surface area contributed by atoms with Crippen LogP contribution in [0.1, 0.15) is 56.1 Å². The molecule has 46 heavy (non-hydrogen) atoms. The van der Waals surface area contributed by atoms with Crippen molar-refractivity contribution in [3.05, 3.63) is 59.7 Å². The van der Waals surface area contributed by atoms with E-state index in [0.717, 1.165) is 6.07 Å². The second-order valence-corrected chi connectivity index (χ2v) is 15.0. The van der Waals surface area contributed by atoms with Crippen molar-refractivity contribution in [1.29, 1.82) is 0 Å². The number of nitrogens with zero attached hydrogens (tertiary/aromatic N) is 1. The number of aliphatic carboxylic acids is 1. The van der Waals surface area contributed by atoms with Gasteiger partial charge in [0.1, 0.15) is 17.1 Å². The molecule has 2 saturated carbocycles. The van der Waals surface area contributed by atoms with E-state index < -0.39 is 79.8 Å². The quantitative estimate of drug-likeness (QED) is 0.373. The fourth-order valence-corrected chi connectivity index (χ4v) is 10.6. The number of carbonyl (C=O) groups excluding carboxylic acids is 1. The number of amides is 1. The summed E-state index contributed by atoms with van der Waals surface area (Å²) in [5, 5.41) is 9.89. The fourth-order valence-electron chi connectivity index (χ4n) is 8.28. The molecule has 1 amide bonds. The summed E-state index contributed by atoms with van der Waals surface area (Å²) in [5.74, 6) is -2.83. The Hall–Kier alpha value is -3.36. The van der Waals surface area contributed by atoms with Crippen LogP contribution in [0.15, 0.2) is 53.4 Å². The average Bonchev–Trinajstić information content (AvgIpc) is 3.41. The Labute approximate surface area is 259 Å². The summed E-state index contributed by atoms with van der Waals surface area (Å²) in [4.78, 5) is 27.4. The van der Waals surface area contributed by atoms with Crippen LogP contribution in [0.25, 0.3) is 0 Å². The van der Waals surface area contributed by atoms with E-state index in [4.69, 9.17) is 4.74 Å². The van der Waals surface area contributed by atoms with Gasteiger partial charge in [0.05, 0.1) is 16.4 Å². The van der Waals surface area contributed by atoms with Gasteiger partial charge in [-0.05, 0) is 62.6 Å². The SMILES string of the molecule is O=C(C1CCC2(C(=O)O)CCCC1C2)N1CCC2(S(=O)(=O)c3ccccc3)c3ccc(C(F)(C(F)(F)F)C(F)(F)F)cc3OCC12. The van der Waals surface area contributed by atoms with Crippen molar-refractivity contribution >= 4 is 21.7 Å². The summed E-state index contributed by atoms with van der Waals surface area (Å²) >= 11 is 0. The third-order valence-corrected chi connectivity index (χ3v) is 13.2. The van der Waals surface area contributed by atoms with Crippen molar-refractivity contribution < 1.29 is 58.6 Å². The van der Waals surface area contributed by atoms with Gasteiger partial charge >= 0.3 is 24.0 Å². The fraction of sp³-hybridized carbons (Fsp3) is 0.548.